The summed E-state index contributed by atoms with van der Waals surface area (Å²) in [6, 6.07) is 0. The number of esters is 4. The number of ether oxygens (including phenoxy) is 4. The number of aliphatic hydroxyl groups is 1. The Balaban J connectivity index is 5.23. The molecule has 0 aromatic rings. The molecule has 0 fully saturated rings. The third kappa shape index (κ3) is 64.6. The van der Waals surface area contributed by atoms with Gasteiger partial charge in [0.05, 0.1) is 26.4 Å². The minimum Gasteiger partial charge on any atom is -0.462 e. The normalized spacial score (nSPS) is 14.2. The molecular weight excluding hydrogens is 1170 g/mol. The molecule has 0 saturated carbocycles. The minimum atomic E-state index is -4.95. The molecule has 0 amide bonds. The fourth-order valence-corrected chi connectivity index (χ4v) is 12.1. The second-order valence-electron chi connectivity index (χ2n) is 26.7. The average molecular weight is 1310 g/mol. The van der Waals surface area contributed by atoms with Crippen LogP contribution < -0.4 is 0 Å². The standard InChI is InChI=1S/C70H136O17P2/c1-8-9-10-11-12-30-37-44-51-67(72)80-57-65(87-70(75)54-47-40-33-26-20-23-29-36-43-50-63(6)7)59-84-88(76,77)82-55-64(71)56-83-89(78,79)85-60-66(58-81-68(73)52-45-38-31-24-19-18-22-28-35-42-49-62(4)5)86-69(74)53-46-39-32-25-17-15-13-14-16-21-27-34-41-48-61(2)3/h61-66,71H,8-60H2,1-7H3,(H,76,77)(H,78,79)/t64-,65+,66+/m0/s1. The highest BCUT2D eigenvalue weighted by Gasteiger charge is 2.30. The molecule has 5 atom stereocenters. The molecule has 89 heavy (non-hydrogen) atoms. The molecule has 0 bridgehead atoms. The Labute approximate surface area is 543 Å². The minimum absolute atomic E-state index is 0.105. The molecule has 19 heteroatoms. The summed E-state index contributed by atoms with van der Waals surface area (Å²) in [6.45, 7) is 11.8. The second kappa shape index (κ2) is 61.0. The highest BCUT2D eigenvalue weighted by Crippen LogP contribution is 2.45. The maximum absolute atomic E-state index is 13.0. The van der Waals surface area contributed by atoms with E-state index in [2.05, 4.69) is 48.5 Å². The van der Waals surface area contributed by atoms with Crippen molar-refractivity contribution in [2.75, 3.05) is 39.6 Å². The van der Waals surface area contributed by atoms with E-state index in [-0.39, 0.29) is 25.7 Å². The van der Waals surface area contributed by atoms with Crippen molar-refractivity contribution in [2.45, 2.75) is 369 Å². The molecule has 528 valence electrons. The van der Waals surface area contributed by atoms with Crippen LogP contribution in [0.4, 0.5) is 0 Å². The van der Waals surface area contributed by atoms with Crippen molar-refractivity contribution >= 4 is 39.5 Å². The van der Waals surface area contributed by atoms with E-state index in [1.807, 2.05) is 0 Å². The smallest absolute Gasteiger partial charge is 0.462 e. The van der Waals surface area contributed by atoms with Gasteiger partial charge in [-0.2, -0.15) is 0 Å². The van der Waals surface area contributed by atoms with Crippen molar-refractivity contribution < 1.29 is 80.2 Å². The third-order valence-electron chi connectivity index (χ3n) is 16.1. The molecule has 0 aliphatic heterocycles. The Bertz CT molecular complexity index is 1750. The van der Waals surface area contributed by atoms with Crippen LogP contribution in [0.5, 0.6) is 0 Å². The predicted octanol–water partition coefficient (Wildman–Crippen LogP) is 19.8. The van der Waals surface area contributed by atoms with Crippen LogP contribution in [0.2, 0.25) is 0 Å². The molecule has 0 aromatic heterocycles. The van der Waals surface area contributed by atoms with Crippen molar-refractivity contribution in [3.8, 4) is 0 Å². The average Bonchev–Trinajstić information content (AvgIpc) is 3.55. The van der Waals surface area contributed by atoms with Crippen molar-refractivity contribution in [3.63, 3.8) is 0 Å². The summed E-state index contributed by atoms with van der Waals surface area (Å²) < 4.78 is 68.2. The van der Waals surface area contributed by atoms with Gasteiger partial charge in [0.2, 0.25) is 0 Å². The van der Waals surface area contributed by atoms with E-state index in [1.165, 1.54) is 154 Å². The van der Waals surface area contributed by atoms with Crippen molar-refractivity contribution in [1.82, 2.24) is 0 Å². The van der Waals surface area contributed by atoms with Gasteiger partial charge >= 0.3 is 39.5 Å². The lowest BCUT2D eigenvalue weighted by atomic mass is 10.0. The summed E-state index contributed by atoms with van der Waals surface area (Å²) in [7, 11) is -9.90. The zero-order chi connectivity index (χ0) is 65.9. The zero-order valence-electron chi connectivity index (χ0n) is 57.9. The number of phosphoric acid groups is 2. The van der Waals surface area contributed by atoms with Gasteiger partial charge < -0.3 is 33.8 Å². The Morgan fingerprint density at radius 2 is 0.517 bits per heavy atom. The van der Waals surface area contributed by atoms with Gasteiger partial charge in [-0.1, -0.05) is 299 Å². The topological polar surface area (TPSA) is 237 Å². The molecule has 0 rings (SSSR count). The number of carbonyl (C=O) groups excluding carboxylic acids is 4. The molecular formula is C70H136O17P2. The fourth-order valence-electron chi connectivity index (χ4n) is 10.5. The summed E-state index contributed by atoms with van der Waals surface area (Å²) >= 11 is 0. The van der Waals surface area contributed by atoms with Gasteiger partial charge in [-0.25, -0.2) is 9.13 Å². The van der Waals surface area contributed by atoms with Crippen LogP contribution in [0.15, 0.2) is 0 Å². The second-order valence-corrected chi connectivity index (χ2v) is 29.6. The van der Waals surface area contributed by atoms with Gasteiger partial charge in [-0.05, 0) is 43.4 Å². The van der Waals surface area contributed by atoms with Gasteiger partial charge in [0.25, 0.3) is 0 Å². The highest BCUT2D eigenvalue weighted by molar-refractivity contribution is 7.47. The number of unbranched alkanes of at least 4 members (excludes halogenated alkanes) is 36. The Kier molecular flexibility index (Phi) is 59.6. The number of hydrogen-bond donors (Lipinski definition) is 3. The van der Waals surface area contributed by atoms with E-state index in [1.54, 1.807) is 0 Å². The fraction of sp³-hybridized carbons (Fsp3) is 0.943. The zero-order valence-corrected chi connectivity index (χ0v) is 59.7. The van der Waals surface area contributed by atoms with Crippen LogP contribution in [0, 0.1) is 17.8 Å². The lowest BCUT2D eigenvalue weighted by Gasteiger charge is -2.21. The summed E-state index contributed by atoms with van der Waals surface area (Å²) in [5.74, 6) is 0.153. The quantitative estimate of drug-likeness (QED) is 0.0222. The van der Waals surface area contributed by atoms with Crippen molar-refractivity contribution in [2.24, 2.45) is 17.8 Å². The summed E-state index contributed by atoms with van der Waals surface area (Å²) in [6.07, 6.45) is 44.4. The lowest BCUT2D eigenvalue weighted by Crippen LogP contribution is -2.30. The molecule has 3 N–H and O–H groups in total. The maximum Gasteiger partial charge on any atom is 0.472 e. The predicted molar refractivity (Wildman–Crippen MR) is 358 cm³/mol. The number of aliphatic hydroxyl groups excluding tert-OH is 1. The monoisotopic (exact) mass is 1310 g/mol. The van der Waals surface area contributed by atoms with E-state index in [0.717, 1.165) is 114 Å². The van der Waals surface area contributed by atoms with Gasteiger partial charge in [0.15, 0.2) is 12.2 Å². The molecule has 2 unspecified atom stereocenters. The van der Waals surface area contributed by atoms with Crippen LogP contribution in [-0.4, -0.2) is 96.7 Å². The van der Waals surface area contributed by atoms with Crippen LogP contribution >= 0.6 is 15.6 Å². The van der Waals surface area contributed by atoms with Crippen LogP contribution in [-0.2, 0) is 65.4 Å². The van der Waals surface area contributed by atoms with E-state index in [9.17, 15) is 43.2 Å². The molecule has 0 aromatic carbocycles. The van der Waals surface area contributed by atoms with Gasteiger partial charge in [-0.3, -0.25) is 37.3 Å². The third-order valence-corrected chi connectivity index (χ3v) is 18.0. The summed E-state index contributed by atoms with van der Waals surface area (Å²) in [5, 5.41) is 10.6. The first kappa shape index (κ1) is 87.1. The van der Waals surface area contributed by atoms with E-state index in [0.29, 0.717) is 25.7 Å². The number of phosphoric ester groups is 2. The van der Waals surface area contributed by atoms with E-state index in [4.69, 9.17) is 37.0 Å². The molecule has 0 aliphatic carbocycles. The van der Waals surface area contributed by atoms with Crippen LogP contribution in [0.25, 0.3) is 0 Å². The SMILES string of the molecule is CCCCCCCCCCC(=O)OC[C@H](COP(=O)(O)OC[C@H](O)COP(=O)(O)OC[C@@H](COC(=O)CCCCCCCCCCCCC(C)C)OC(=O)CCCCCCCCCCCCCCCC(C)C)OC(=O)CCCCCCCCCCCC(C)C. The number of carbonyl (C=O) groups is 4. The molecule has 0 heterocycles. The van der Waals surface area contributed by atoms with E-state index >= 15 is 0 Å². The summed E-state index contributed by atoms with van der Waals surface area (Å²) in [5.41, 5.74) is 0. The molecule has 0 spiro atoms. The first-order chi connectivity index (χ1) is 42.7. The van der Waals surface area contributed by atoms with Crippen molar-refractivity contribution in [1.29, 1.82) is 0 Å². The first-order valence-corrected chi connectivity index (χ1v) is 39.3. The number of hydrogen-bond acceptors (Lipinski definition) is 15. The Hall–Kier alpha value is -1.94. The lowest BCUT2D eigenvalue weighted by molar-refractivity contribution is -0.161. The van der Waals surface area contributed by atoms with Crippen LogP contribution in [0.3, 0.4) is 0 Å². The Morgan fingerprint density at radius 3 is 0.764 bits per heavy atom. The van der Waals surface area contributed by atoms with Gasteiger partial charge in [0, 0.05) is 25.7 Å². The molecule has 0 radical (unpaired) electrons. The maximum atomic E-state index is 13.0. The van der Waals surface area contributed by atoms with E-state index < -0.39 is 97.5 Å². The Morgan fingerprint density at radius 1 is 0.303 bits per heavy atom. The highest BCUT2D eigenvalue weighted by atomic mass is 31.2. The first-order valence-electron chi connectivity index (χ1n) is 36.3. The number of rotatable bonds is 68. The summed E-state index contributed by atoms with van der Waals surface area (Å²) in [4.78, 5) is 72.5. The largest absolute Gasteiger partial charge is 0.472 e. The van der Waals surface area contributed by atoms with Gasteiger partial charge in [0.1, 0.15) is 19.3 Å². The van der Waals surface area contributed by atoms with Crippen LogP contribution in [0.1, 0.15) is 350 Å². The molecule has 0 saturated heterocycles. The van der Waals surface area contributed by atoms with Crippen molar-refractivity contribution in [3.05, 3.63) is 0 Å². The molecule has 0 aliphatic rings. The molecule has 17 nitrogen and oxygen atoms in total. The van der Waals surface area contributed by atoms with Gasteiger partial charge in [-0.15, -0.1) is 0 Å².